The van der Waals surface area contributed by atoms with Crippen molar-refractivity contribution in [1.29, 1.82) is 0 Å². The maximum atomic E-state index is 14.4. The van der Waals surface area contributed by atoms with Gasteiger partial charge in [-0.3, -0.25) is 9.59 Å². The van der Waals surface area contributed by atoms with Gasteiger partial charge in [-0.15, -0.1) is 0 Å². The van der Waals surface area contributed by atoms with Crippen LogP contribution in [0.25, 0.3) is 11.5 Å². The molecule has 0 saturated carbocycles. The lowest BCUT2D eigenvalue weighted by molar-refractivity contribution is -0.124. The number of halogens is 1. The number of hydrogen-bond donors (Lipinski definition) is 2. The van der Waals surface area contributed by atoms with E-state index in [1.807, 2.05) is 20.8 Å². The highest BCUT2D eigenvalue weighted by molar-refractivity contribution is 6.00. The van der Waals surface area contributed by atoms with Gasteiger partial charge in [-0.2, -0.15) is 5.10 Å². The first-order valence-corrected chi connectivity index (χ1v) is 9.26. The lowest BCUT2D eigenvalue weighted by atomic mass is 10.1. The number of amides is 2. The fourth-order valence-electron chi connectivity index (χ4n) is 2.84. The number of rotatable bonds is 5. The van der Waals surface area contributed by atoms with Crippen LogP contribution in [0.15, 0.2) is 55.0 Å². The molecule has 152 valence electrons. The molecule has 1 atom stereocenters. The summed E-state index contributed by atoms with van der Waals surface area (Å²) in [5, 5.41) is 9.75. The Kier molecular flexibility index (Phi) is 5.54. The molecule has 7 nitrogen and oxygen atoms in total. The van der Waals surface area contributed by atoms with E-state index in [0.717, 1.165) is 0 Å². The number of nitrogens with zero attached hydrogens (tertiary/aromatic N) is 3. The van der Waals surface area contributed by atoms with Crippen molar-refractivity contribution in [3.05, 3.63) is 66.4 Å². The van der Waals surface area contributed by atoms with E-state index in [2.05, 4.69) is 15.7 Å². The van der Waals surface area contributed by atoms with Gasteiger partial charge in [-0.25, -0.2) is 9.07 Å². The van der Waals surface area contributed by atoms with Crippen molar-refractivity contribution in [3.63, 3.8) is 0 Å². The van der Waals surface area contributed by atoms with E-state index in [1.54, 1.807) is 54.2 Å². The fourth-order valence-corrected chi connectivity index (χ4v) is 2.84. The van der Waals surface area contributed by atoms with Crippen molar-refractivity contribution in [2.75, 3.05) is 0 Å². The predicted molar refractivity (Wildman–Crippen MR) is 108 cm³/mol. The average molecular weight is 397 g/mol. The second kappa shape index (κ2) is 7.90. The number of hydrogen-bond acceptors (Lipinski definition) is 3. The molecule has 2 N–H and O–H groups in total. The molecule has 2 heterocycles. The molecule has 3 aromatic rings. The Labute approximate surface area is 168 Å². The maximum absolute atomic E-state index is 14.4. The third-order valence-corrected chi connectivity index (χ3v) is 4.16. The molecule has 8 heteroatoms. The van der Waals surface area contributed by atoms with Crippen LogP contribution in [0.2, 0.25) is 0 Å². The predicted octanol–water partition coefficient (Wildman–Crippen LogP) is 2.84. The maximum Gasteiger partial charge on any atom is 0.257 e. The molecule has 1 unspecified atom stereocenters. The smallest absolute Gasteiger partial charge is 0.257 e. The van der Waals surface area contributed by atoms with Crippen molar-refractivity contribution in [2.45, 2.75) is 39.3 Å². The molecule has 0 aliphatic carbocycles. The lowest BCUT2D eigenvalue weighted by Crippen LogP contribution is -2.50. The van der Waals surface area contributed by atoms with Crippen LogP contribution >= 0.6 is 0 Å². The summed E-state index contributed by atoms with van der Waals surface area (Å²) in [4.78, 5) is 25.2. The highest BCUT2D eigenvalue weighted by Crippen LogP contribution is 2.21. The molecule has 1 aromatic carbocycles. The lowest BCUT2D eigenvalue weighted by Gasteiger charge is -2.23. The van der Waals surface area contributed by atoms with Gasteiger partial charge >= 0.3 is 0 Å². The third-order valence-electron chi connectivity index (χ3n) is 4.16. The van der Waals surface area contributed by atoms with Crippen LogP contribution in [0.1, 0.15) is 38.1 Å². The molecule has 29 heavy (non-hydrogen) atoms. The Bertz CT molecular complexity index is 1020. The van der Waals surface area contributed by atoms with Gasteiger partial charge in [0.1, 0.15) is 23.1 Å². The molecule has 0 aliphatic heterocycles. The molecule has 0 fully saturated rings. The largest absolute Gasteiger partial charge is 0.350 e. The van der Waals surface area contributed by atoms with E-state index >= 15 is 0 Å². The molecule has 0 aliphatic rings. The number of carbonyl (C=O) groups is 2. The first kappa shape index (κ1) is 20.3. The molecule has 0 saturated heterocycles. The van der Waals surface area contributed by atoms with Gasteiger partial charge in [0.05, 0.1) is 6.20 Å². The number of para-hydroxylation sites is 1. The highest BCUT2D eigenvalue weighted by Gasteiger charge is 2.25. The molecule has 0 spiro atoms. The van der Waals surface area contributed by atoms with Crippen LogP contribution in [0.4, 0.5) is 4.39 Å². The van der Waals surface area contributed by atoms with E-state index in [-0.39, 0.29) is 17.2 Å². The zero-order valence-corrected chi connectivity index (χ0v) is 16.8. The minimum absolute atomic E-state index is 0.216. The molecule has 3 rings (SSSR count). The van der Waals surface area contributed by atoms with Crippen LogP contribution in [0.5, 0.6) is 0 Å². The van der Waals surface area contributed by atoms with Gasteiger partial charge in [0, 0.05) is 17.9 Å². The zero-order chi connectivity index (χ0) is 21.2. The summed E-state index contributed by atoms with van der Waals surface area (Å²) in [5.74, 6) is -0.863. The van der Waals surface area contributed by atoms with Gasteiger partial charge in [-0.05, 0) is 52.0 Å². The standard InChI is InChI=1S/C21H24FN5O2/c1-14(18(28)25-21(2,3)4)24-19(29)15-13-23-27(17-10-6-5-9-16(17)22)20(15)26-11-7-8-12-26/h5-14H,1-4H3,(H,24,29)(H,25,28). The van der Waals surface area contributed by atoms with Crippen LogP contribution < -0.4 is 10.6 Å². The SMILES string of the molecule is CC(NC(=O)c1cnn(-c2ccccc2F)c1-n1cccc1)C(=O)NC(C)(C)C. The molecular formula is C21H24FN5O2. The molecule has 2 amide bonds. The van der Waals surface area contributed by atoms with Crippen molar-refractivity contribution >= 4 is 11.8 Å². The average Bonchev–Trinajstić information content (AvgIpc) is 3.29. The van der Waals surface area contributed by atoms with Crippen LogP contribution in [0, 0.1) is 5.82 Å². The van der Waals surface area contributed by atoms with E-state index in [1.165, 1.54) is 16.9 Å². The number of nitrogens with one attached hydrogen (secondary N) is 2. The van der Waals surface area contributed by atoms with Crippen LogP contribution in [-0.4, -0.2) is 37.7 Å². The molecule has 0 radical (unpaired) electrons. The summed E-state index contributed by atoms with van der Waals surface area (Å²) < 4.78 is 17.4. The van der Waals surface area contributed by atoms with Crippen molar-refractivity contribution < 1.29 is 14.0 Å². The summed E-state index contributed by atoms with van der Waals surface area (Å²) >= 11 is 0. The second-order valence-corrected chi connectivity index (χ2v) is 7.77. The molecular weight excluding hydrogens is 373 g/mol. The van der Waals surface area contributed by atoms with Crippen molar-refractivity contribution in [2.24, 2.45) is 0 Å². The molecule has 0 bridgehead atoms. The quantitative estimate of drug-likeness (QED) is 0.695. The van der Waals surface area contributed by atoms with E-state index in [0.29, 0.717) is 5.82 Å². The Morgan fingerprint density at radius 2 is 1.76 bits per heavy atom. The Morgan fingerprint density at radius 3 is 2.38 bits per heavy atom. The first-order valence-electron chi connectivity index (χ1n) is 9.26. The second-order valence-electron chi connectivity index (χ2n) is 7.77. The Hall–Kier alpha value is -3.42. The summed E-state index contributed by atoms with van der Waals surface area (Å²) in [6.45, 7) is 7.20. The van der Waals surface area contributed by atoms with Gasteiger partial charge in [0.15, 0.2) is 5.82 Å². The third kappa shape index (κ3) is 4.53. The summed E-state index contributed by atoms with van der Waals surface area (Å²) in [7, 11) is 0. The molecule has 2 aromatic heterocycles. The monoisotopic (exact) mass is 397 g/mol. The zero-order valence-electron chi connectivity index (χ0n) is 16.8. The minimum atomic E-state index is -0.754. The van der Waals surface area contributed by atoms with E-state index < -0.39 is 23.3 Å². The van der Waals surface area contributed by atoms with E-state index in [9.17, 15) is 14.0 Å². The highest BCUT2D eigenvalue weighted by atomic mass is 19.1. The van der Waals surface area contributed by atoms with Crippen molar-refractivity contribution in [3.8, 4) is 11.5 Å². The number of carbonyl (C=O) groups excluding carboxylic acids is 2. The summed E-state index contributed by atoms with van der Waals surface area (Å²) in [5.41, 5.74) is 0.0240. The van der Waals surface area contributed by atoms with E-state index in [4.69, 9.17) is 0 Å². The number of aromatic nitrogens is 3. The number of benzene rings is 1. The normalized spacial score (nSPS) is 12.4. The first-order chi connectivity index (χ1) is 13.7. The Morgan fingerprint density at radius 1 is 1.10 bits per heavy atom. The van der Waals surface area contributed by atoms with Gasteiger partial charge in [0.25, 0.3) is 5.91 Å². The van der Waals surface area contributed by atoms with Gasteiger partial charge in [0.2, 0.25) is 5.91 Å². The van der Waals surface area contributed by atoms with Gasteiger partial charge in [-0.1, -0.05) is 12.1 Å². The van der Waals surface area contributed by atoms with Gasteiger partial charge < -0.3 is 15.2 Å². The van der Waals surface area contributed by atoms with Crippen molar-refractivity contribution in [1.82, 2.24) is 25.0 Å². The Balaban J connectivity index is 1.95. The topological polar surface area (TPSA) is 81.0 Å². The summed E-state index contributed by atoms with van der Waals surface area (Å²) in [6, 6.07) is 9.01. The summed E-state index contributed by atoms with van der Waals surface area (Å²) in [6.07, 6.45) is 4.84. The van der Waals surface area contributed by atoms with Crippen LogP contribution in [0.3, 0.4) is 0 Å². The fraction of sp³-hybridized carbons (Fsp3) is 0.286. The van der Waals surface area contributed by atoms with Crippen LogP contribution in [-0.2, 0) is 4.79 Å². The minimum Gasteiger partial charge on any atom is -0.350 e.